The maximum absolute atomic E-state index is 11.9. The van der Waals surface area contributed by atoms with E-state index in [4.69, 9.17) is 21.1 Å². The van der Waals surface area contributed by atoms with Crippen molar-refractivity contribution in [1.82, 2.24) is 0 Å². The number of benzene rings is 1. The summed E-state index contributed by atoms with van der Waals surface area (Å²) in [5.74, 6) is 0.0642. The van der Waals surface area contributed by atoms with Crippen LogP contribution in [0.15, 0.2) is 18.2 Å². The average Bonchev–Trinajstić information content (AvgIpc) is 2.45. The first-order chi connectivity index (χ1) is 10.7. The van der Waals surface area contributed by atoms with Gasteiger partial charge in [-0.2, -0.15) is 0 Å². The Morgan fingerprint density at radius 3 is 2.13 bits per heavy atom. The smallest absolute Gasteiger partial charge is 0.311 e. The minimum atomic E-state index is -0.464. The Morgan fingerprint density at radius 1 is 1.04 bits per heavy atom. The lowest BCUT2D eigenvalue weighted by Gasteiger charge is -2.24. The molecule has 1 aromatic carbocycles. The lowest BCUT2D eigenvalue weighted by Crippen LogP contribution is -2.29. The van der Waals surface area contributed by atoms with Crippen molar-refractivity contribution in [2.75, 3.05) is 0 Å². The molecule has 0 aliphatic rings. The highest BCUT2D eigenvalue weighted by atomic mass is 35.5. The van der Waals surface area contributed by atoms with Gasteiger partial charge in [-0.15, -0.1) is 0 Å². The summed E-state index contributed by atoms with van der Waals surface area (Å²) in [5.41, 5.74) is 0.827. The van der Waals surface area contributed by atoms with Gasteiger partial charge >= 0.3 is 11.9 Å². The Morgan fingerprint density at radius 2 is 1.61 bits per heavy atom. The fourth-order valence-electron chi connectivity index (χ4n) is 2.32. The molecule has 0 radical (unpaired) electrons. The second kappa shape index (κ2) is 8.92. The quantitative estimate of drug-likeness (QED) is 0.539. The van der Waals surface area contributed by atoms with Crippen molar-refractivity contribution in [2.45, 2.75) is 53.6 Å². The Hall–Kier alpha value is -1.55. The molecule has 0 aromatic heterocycles. The van der Waals surface area contributed by atoms with Crippen LogP contribution in [0.1, 0.15) is 46.1 Å². The van der Waals surface area contributed by atoms with Crippen LogP contribution in [0.5, 0.6) is 5.75 Å². The molecule has 0 aliphatic carbocycles. The van der Waals surface area contributed by atoms with Crippen LogP contribution in [0.25, 0.3) is 0 Å². The molecule has 0 heterocycles. The van der Waals surface area contributed by atoms with Crippen molar-refractivity contribution in [3.8, 4) is 5.75 Å². The van der Waals surface area contributed by atoms with Crippen molar-refractivity contribution in [1.29, 1.82) is 0 Å². The van der Waals surface area contributed by atoms with Gasteiger partial charge in [0.1, 0.15) is 11.9 Å². The first-order valence-corrected chi connectivity index (χ1v) is 8.24. The van der Waals surface area contributed by atoms with Crippen molar-refractivity contribution < 1.29 is 19.1 Å². The fraction of sp³-hybridized carbons (Fsp3) is 0.556. The van der Waals surface area contributed by atoms with E-state index in [1.807, 2.05) is 34.6 Å². The topological polar surface area (TPSA) is 52.6 Å². The van der Waals surface area contributed by atoms with E-state index in [1.165, 1.54) is 0 Å². The van der Waals surface area contributed by atoms with E-state index in [9.17, 15) is 9.59 Å². The van der Waals surface area contributed by atoms with Gasteiger partial charge in [0.2, 0.25) is 0 Å². The molecule has 0 atom stereocenters. The van der Waals surface area contributed by atoms with Gasteiger partial charge < -0.3 is 9.47 Å². The number of halogens is 1. The molecule has 0 amide bonds. The summed E-state index contributed by atoms with van der Waals surface area (Å²) in [6, 6.07) is 4.98. The number of esters is 2. The van der Waals surface area contributed by atoms with Crippen molar-refractivity contribution in [2.24, 2.45) is 11.8 Å². The summed E-state index contributed by atoms with van der Waals surface area (Å²) in [7, 11) is 0. The highest BCUT2D eigenvalue weighted by Crippen LogP contribution is 2.21. The normalized spacial score (nSPS) is 11.2. The van der Waals surface area contributed by atoms with Crippen LogP contribution in [-0.2, 0) is 14.3 Å². The number of aryl methyl sites for hydroxylation is 1. The maximum Gasteiger partial charge on any atom is 0.311 e. The summed E-state index contributed by atoms with van der Waals surface area (Å²) in [5, 5.41) is 0.613. The van der Waals surface area contributed by atoms with E-state index in [0.717, 1.165) is 5.56 Å². The van der Waals surface area contributed by atoms with Gasteiger partial charge in [-0.3, -0.25) is 9.59 Å². The molecule has 5 heteroatoms. The van der Waals surface area contributed by atoms with E-state index in [-0.39, 0.29) is 36.8 Å². The first-order valence-electron chi connectivity index (χ1n) is 7.87. The standard InChI is InChI=1S/C18H25ClO4/c1-11(2)18(12(3)4)23-17(21)9-8-16(20)22-14-6-7-15(19)13(5)10-14/h6-7,10-12,18H,8-9H2,1-5H3. The van der Waals surface area contributed by atoms with Gasteiger partial charge in [0.25, 0.3) is 0 Å². The number of hydrogen-bond acceptors (Lipinski definition) is 4. The van der Waals surface area contributed by atoms with Crippen molar-refractivity contribution in [3.05, 3.63) is 28.8 Å². The number of hydrogen-bond donors (Lipinski definition) is 0. The molecule has 23 heavy (non-hydrogen) atoms. The highest BCUT2D eigenvalue weighted by molar-refractivity contribution is 6.31. The molecule has 0 N–H and O–H groups in total. The summed E-state index contributed by atoms with van der Waals surface area (Å²) in [4.78, 5) is 23.7. The first kappa shape index (κ1) is 19.5. The maximum atomic E-state index is 11.9. The summed E-state index contributed by atoms with van der Waals surface area (Å²) >= 11 is 5.92. The Bertz CT molecular complexity index is 544. The predicted octanol–water partition coefficient (Wildman–Crippen LogP) is 4.56. The van der Waals surface area contributed by atoms with Crippen LogP contribution in [0.3, 0.4) is 0 Å². The number of ether oxygens (including phenoxy) is 2. The summed E-state index contributed by atoms with van der Waals surface area (Å²) < 4.78 is 10.6. The molecule has 4 nitrogen and oxygen atoms in total. The van der Waals surface area contributed by atoms with Crippen LogP contribution in [0.2, 0.25) is 5.02 Å². The molecular weight excluding hydrogens is 316 g/mol. The zero-order chi connectivity index (χ0) is 17.6. The summed E-state index contributed by atoms with van der Waals surface area (Å²) in [6.45, 7) is 9.86. The molecule has 0 unspecified atom stereocenters. The average molecular weight is 341 g/mol. The zero-order valence-electron chi connectivity index (χ0n) is 14.4. The van der Waals surface area contributed by atoms with E-state index >= 15 is 0 Å². The fourth-order valence-corrected chi connectivity index (χ4v) is 2.44. The minimum Gasteiger partial charge on any atom is -0.462 e. The molecule has 128 valence electrons. The van der Waals surface area contributed by atoms with Gasteiger partial charge in [0, 0.05) is 5.02 Å². The largest absolute Gasteiger partial charge is 0.462 e. The second-order valence-corrected chi connectivity index (χ2v) is 6.73. The van der Waals surface area contributed by atoms with Crippen LogP contribution in [0.4, 0.5) is 0 Å². The Balaban J connectivity index is 2.46. The molecule has 0 saturated carbocycles. The number of rotatable bonds is 7. The molecule has 1 rings (SSSR count). The van der Waals surface area contributed by atoms with Gasteiger partial charge in [-0.25, -0.2) is 0 Å². The van der Waals surface area contributed by atoms with Crippen LogP contribution in [-0.4, -0.2) is 18.0 Å². The molecule has 0 aliphatic heterocycles. The monoisotopic (exact) mass is 340 g/mol. The third-order valence-electron chi connectivity index (χ3n) is 3.48. The van der Waals surface area contributed by atoms with Crippen molar-refractivity contribution in [3.63, 3.8) is 0 Å². The van der Waals surface area contributed by atoms with Crippen LogP contribution >= 0.6 is 11.6 Å². The predicted molar refractivity (Wildman–Crippen MR) is 90.6 cm³/mol. The van der Waals surface area contributed by atoms with Crippen LogP contribution in [0, 0.1) is 18.8 Å². The third-order valence-corrected chi connectivity index (χ3v) is 3.90. The number of carbonyl (C=O) groups is 2. The van der Waals surface area contributed by atoms with E-state index < -0.39 is 5.97 Å². The third kappa shape index (κ3) is 6.61. The Labute approximate surface area is 143 Å². The zero-order valence-corrected chi connectivity index (χ0v) is 15.1. The van der Waals surface area contributed by atoms with Crippen LogP contribution < -0.4 is 4.74 Å². The molecule has 0 spiro atoms. The lowest BCUT2D eigenvalue weighted by atomic mass is 9.96. The van der Waals surface area contributed by atoms with E-state index in [2.05, 4.69) is 0 Å². The van der Waals surface area contributed by atoms with Crippen molar-refractivity contribution >= 4 is 23.5 Å². The highest BCUT2D eigenvalue weighted by Gasteiger charge is 2.22. The molecule has 0 bridgehead atoms. The van der Waals surface area contributed by atoms with Gasteiger partial charge in [-0.05, 0) is 42.5 Å². The van der Waals surface area contributed by atoms with Gasteiger partial charge in [0.15, 0.2) is 0 Å². The van der Waals surface area contributed by atoms with Gasteiger partial charge in [0.05, 0.1) is 12.8 Å². The molecule has 0 saturated heterocycles. The SMILES string of the molecule is Cc1cc(OC(=O)CCC(=O)OC(C(C)C)C(C)C)ccc1Cl. The molecule has 1 aromatic rings. The minimum absolute atomic E-state index is 0.0105. The van der Waals surface area contributed by atoms with E-state index in [1.54, 1.807) is 18.2 Å². The van der Waals surface area contributed by atoms with E-state index in [0.29, 0.717) is 10.8 Å². The lowest BCUT2D eigenvalue weighted by molar-refractivity contribution is -0.155. The summed E-state index contributed by atoms with van der Waals surface area (Å²) in [6.07, 6.45) is -0.137. The second-order valence-electron chi connectivity index (χ2n) is 6.33. The van der Waals surface area contributed by atoms with Gasteiger partial charge in [-0.1, -0.05) is 39.3 Å². The molecular formula is C18H25ClO4. The molecule has 0 fully saturated rings. The number of carbonyl (C=O) groups excluding carboxylic acids is 2. The Kier molecular flexibility index (Phi) is 7.56.